The Bertz CT molecular complexity index is 1470. The third kappa shape index (κ3) is 7.69. The van der Waals surface area contributed by atoms with Crippen molar-refractivity contribution in [3.63, 3.8) is 0 Å². The van der Waals surface area contributed by atoms with Gasteiger partial charge < -0.3 is 9.73 Å². The van der Waals surface area contributed by atoms with Crippen LogP contribution in [0.2, 0.25) is 10.0 Å². The van der Waals surface area contributed by atoms with Gasteiger partial charge in [-0.15, -0.1) is 0 Å². The molecule has 4 rings (SSSR count). The van der Waals surface area contributed by atoms with E-state index in [0.717, 1.165) is 31.2 Å². The third-order valence-electron chi connectivity index (χ3n) is 6.29. The summed E-state index contributed by atoms with van der Waals surface area (Å²) in [6, 6.07) is 14.6. The minimum atomic E-state index is -3.93. The van der Waals surface area contributed by atoms with E-state index in [9.17, 15) is 18.0 Å². The van der Waals surface area contributed by atoms with Gasteiger partial charge in [-0.1, -0.05) is 59.8 Å². The summed E-state index contributed by atoms with van der Waals surface area (Å²) in [5.41, 5.74) is 3.68. The van der Waals surface area contributed by atoms with Crippen molar-refractivity contribution < 1.29 is 22.4 Å². The number of nitrogens with one attached hydrogen (secondary N) is 2. The number of nitrogens with zero attached hydrogens (tertiary/aromatic N) is 2. The quantitative estimate of drug-likeness (QED) is 0.211. The number of carbonyl (C=O) groups excluding carboxylic acids is 2. The van der Waals surface area contributed by atoms with Crippen LogP contribution in [-0.2, 0) is 32.7 Å². The second-order valence-electron chi connectivity index (χ2n) is 9.28. The summed E-state index contributed by atoms with van der Waals surface area (Å²) in [5, 5.41) is 7.24. The monoisotopic (exact) mass is 590 g/mol. The first kappa shape index (κ1) is 28.8. The Balaban J connectivity index is 1.47. The molecule has 0 aliphatic heterocycles. The topological polar surface area (TPSA) is 121 Å². The Morgan fingerprint density at radius 3 is 2.44 bits per heavy atom. The molecule has 0 unspecified atom stereocenters. The standard InChI is InChI=1S/C27H28Cl2N4O5S/c1-18-6-12-24(13-7-18)39(36,37)33(16-19-8-9-20(28)14-25(19)29)17-23-11-10-22(38-23)15-30-32-27(35)26(34)31-21-4-2-3-5-21/h6-15,21H,2-5,16-17H2,1H3,(H,31,34)(H,32,35)/b30-15+. The second-order valence-corrected chi connectivity index (χ2v) is 12.1. The smallest absolute Gasteiger partial charge is 0.329 e. The number of aryl methyl sites for hydroxylation is 1. The molecule has 0 atom stereocenters. The van der Waals surface area contributed by atoms with Gasteiger partial charge in [0, 0.05) is 22.6 Å². The summed E-state index contributed by atoms with van der Waals surface area (Å²) in [5.74, 6) is -1.02. The van der Waals surface area contributed by atoms with Gasteiger partial charge in [-0.25, -0.2) is 13.8 Å². The fraction of sp³-hybridized carbons (Fsp3) is 0.296. The molecule has 1 fully saturated rings. The maximum atomic E-state index is 13.6. The molecule has 1 aliphatic rings. The number of sulfonamides is 1. The van der Waals surface area contributed by atoms with Gasteiger partial charge in [-0.3, -0.25) is 9.59 Å². The number of halogens is 2. The van der Waals surface area contributed by atoms with Gasteiger partial charge >= 0.3 is 11.8 Å². The minimum absolute atomic E-state index is 0.0155. The largest absolute Gasteiger partial charge is 0.459 e. The average Bonchev–Trinajstić information content (AvgIpc) is 3.57. The van der Waals surface area contributed by atoms with Crippen molar-refractivity contribution in [1.29, 1.82) is 0 Å². The number of rotatable bonds is 9. The van der Waals surface area contributed by atoms with Crippen LogP contribution >= 0.6 is 23.2 Å². The summed E-state index contributed by atoms with van der Waals surface area (Å²) in [6.07, 6.45) is 5.01. The van der Waals surface area contributed by atoms with Gasteiger partial charge in [0.05, 0.1) is 17.7 Å². The Kier molecular flexibility index (Phi) is 9.45. The molecule has 3 aromatic rings. The number of carbonyl (C=O) groups is 2. The van der Waals surface area contributed by atoms with Crippen molar-refractivity contribution in [2.45, 2.75) is 56.6 Å². The number of hydrogen-bond donors (Lipinski definition) is 2. The molecule has 1 aromatic heterocycles. The number of furan rings is 1. The Morgan fingerprint density at radius 1 is 1.03 bits per heavy atom. The number of amides is 2. The number of hydrogen-bond acceptors (Lipinski definition) is 6. The summed E-state index contributed by atoms with van der Waals surface area (Å²) < 4.78 is 34.1. The van der Waals surface area contributed by atoms with E-state index in [4.69, 9.17) is 27.6 Å². The van der Waals surface area contributed by atoms with Crippen LogP contribution in [0.4, 0.5) is 0 Å². The van der Waals surface area contributed by atoms with Gasteiger partial charge in [0.2, 0.25) is 10.0 Å². The van der Waals surface area contributed by atoms with Gasteiger partial charge in [0.1, 0.15) is 11.5 Å². The zero-order valence-corrected chi connectivity index (χ0v) is 23.5. The van der Waals surface area contributed by atoms with E-state index < -0.39 is 21.8 Å². The molecule has 12 heteroatoms. The Labute approximate surface area is 237 Å². The van der Waals surface area contributed by atoms with Crippen LogP contribution in [0.15, 0.2) is 69.0 Å². The van der Waals surface area contributed by atoms with Crippen molar-refractivity contribution in [3.8, 4) is 0 Å². The summed E-state index contributed by atoms with van der Waals surface area (Å²) in [7, 11) is -3.93. The van der Waals surface area contributed by atoms with Crippen LogP contribution in [-0.4, -0.2) is 36.8 Å². The lowest BCUT2D eigenvalue weighted by molar-refractivity contribution is -0.139. The lowest BCUT2D eigenvalue weighted by Crippen LogP contribution is -2.42. The predicted molar refractivity (Wildman–Crippen MR) is 149 cm³/mol. The molecular formula is C27H28Cl2N4O5S. The lowest BCUT2D eigenvalue weighted by Gasteiger charge is -2.22. The number of hydrazone groups is 1. The molecule has 2 aromatic carbocycles. The molecule has 0 spiro atoms. The first-order valence-electron chi connectivity index (χ1n) is 12.3. The molecule has 1 saturated carbocycles. The van der Waals surface area contributed by atoms with E-state index in [1.54, 1.807) is 54.6 Å². The zero-order chi connectivity index (χ0) is 28.0. The fourth-order valence-electron chi connectivity index (χ4n) is 4.17. The van der Waals surface area contributed by atoms with Crippen molar-refractivity contribution in [1.82, 2.24) is 15.0 Å². The van der Waals surface area contributed by atoms with E-state index in [1.807, 2.05) is 6.92 Å². The highest BCUT2D eigenvalue weighted by atomic mass is 35.5. The second kappa shape index (κ2) is 12.8. The van der Waals surface area contributed by atoms with Gasteiger partial charge in [0.25, 0.3) is 0 Å². The van der Waals surface area contributed by atoms with Crippen LogP contribution in [0.25, 0.3) is 0 Å². The highest BCUT2D eigenvalue weighted by Gasteiger charge is 2.27. The molecule has 1 heterocycles. The highest BCUT2D eigenvalue weighted by Crippen LogP contribution is 2.27. The van der Waals surface area contributed by atoms with Crippen molar-refractivity contribution in [3.05, 3.63) is 87.3 Å². The molecule has 2 amide bonds. The molecule has 39 heavy (non-hydrogen) atoms. The average molecular weight is 592 g/mol. The predicted octanol–water partition coefficient (Wildman–Crippen LogP) is 4.79. The summed E-state index contributed by atoms with van der Waals surface area (Å²) in [6.45, 7) is 1.75. The van der Waals surface area contributed by atoms with Crippen LogP contribution in [0.3, 0.4) is 0 Å². The zero-order valence-electron chi connectivity index (χ0n) is 21.2. The lowest BCUT2D eigenvalue weighted by atomic mass is 10.2. The molecule has 206 valence electrons. The van der Waals surface area contributed by atoms with Crippen LogP contribution < -0.4 is 10.7 Å². The van der Waals surface area contributed by atoms with Crippen LogP contribution in [0, 0.1) is 6.92 Å². The first-order valence-corrected chi connectivity index (χ1v) is 14.5. The molecule has 0 bridgehead atoms. The van der Waals surface area contributed by atoms with E-state index >= 15 is 0 Å². The van der Waals surface area contributed by atoms with Gasteiger partial charge in [0.15, 0.2) is 0 Å². The molecule has 2 N–H and O–H groups in total. The van der Waals surface area contributed by atoms with E-state index in [-0.39, 0.29) is 29.8 Å². The summed E-state index contributed by atoms with van der Waals surface area (Å²) >= 11 is 12.4. The molecule has 0 saturated heterocycles. The SMILES string of the molecule is Cc1ccc(S(=O)(=O)N(Cc2ccc(/C=N/NC(=O)C(=O)NC3CCCC3)o2)Cc2ccc(Cl)cc2Cl)cc1. The van der Waals surface area contributed by atoms with E-state index in [0.29, 0.717) is 21.4 Å². The highest BCUT2D eigenvalue weighted by molar-refractivity contribution is 7.89. The fourth-order valence-corrected chi connectivity index (χ4v) is 6.03. The number of benzene rings is 2. The van der Waals surface area contributed by atoms with Crippen molar-refractivity contribution in [2.24, 2.45) is 5.10 Å². The molecule has 0 radical (unpaired) electrons. The van der Waals surface area contributed by atoms with Crippen LogP contribution in [0.1, 0.15) is 48.3 Å². The van der Waals surface area contributed by atoms with Crippen molar-refractivity contribution >= 4 is 51.3 Å². The maximum absolute atomic E-state index is 13.6. The summed E-state index contributed by atoms with van der Waals surface area (Å²) in [4.78, 5) is 24.1. The normalized spacial score (nSPS) is 14.3. The van der Waals surface area contributed by atoms with Crippen molar-refractivity contribution in [2.75, 3.05) is 0 Å². The molecular weight excluding hydrogens is 563 g/mol. The Hall–Kier alpha value is -3.18. The molecule has 1 aliphatic carbocycles. The van der Waals surface area contributed by atoms with E-state index in [2.05, 4.69) is 15.8 Å². The third-order valence-corrected chi connectivity index (χ3v) is 8.68. The van der Waals surface area contributed by atoms with E-state index in [1.165, 1.54) is 10.5 Å². The molecule has 9 nitrogen and oxygen atoms in total. The van der Waals surface area contributed by atoms with Crippen LogP contribution in [0.5, 0.6) is 0 Å². The minimum Gasteiger partial charge on any atom is -0.459 e. The Morgan fingerprint density at radius 2 is 1.74 bits per heavy atom. The first-order chi connectivity index (χ1) is 18.6. The van der Waals surface area contributed by atoms with Gasteiger partial charge in [-0.2, -0.15) is 9.41 Å². The maximum Gasteiger partial charge on any atom is 0.329 e. The van der Waals surface area contributed by atoms with Gasteiger partial charge in [-0.05, 0) is 61.7 Å².